The predicted octanol–water partition coefficient (Wildman–Crippen LogP) is 2.22. The fourth-order valence-corrected chi connectivity index (χ4v) is 2.06. The predicted molar refractivity (Wildman–Crippen MR) is 81.3 cm³/mol. The van der Waals surface area contributed by atoms with E-state index in [4.69, 9.17) is 0 Å². The van der Waals surface area contributed by atoms with Crippen molar-refractivity contribution < 1.29 is 10.1 Å². The molecule has 0 radical (unpaired) electrons. The summed E-state index contributed by atoms with van der Waals surface area (Å²) in [5.41, 5.74) is 4.73. The van der Waals surface area contributed by atoms with Crippen LogP contribution in [0.4, 0.5) is 5.69 Å². The van der Waals surface area contributed by atoms with Gasteiger partial charge in [0.15, 0.2) is 0 Å². The first kappa shape index (κ1) is 14.3. The average Bonchev–Trinajstić information content (AvgIpc) is 2.42. The summed E-state index contributed by atoms with van der Waals surface area (Å²) in [4.78, 5) is 10.9. The number of hydrogen-bond donors (Lipinski definition) is 2. The maximum atomic E-state index is 10.9. The summed E-state index contributed by atoms with van der Waals surface area (Å²) in [6.07, 6.45) is 0. The number of anilines is 1. The molecule has 0 aliphatic carbocycles. The van der Waals surface area contributed by atoms with Gasteiger partial charge in [0.25, 0.3) is 0 Å². The third kappa shape index (κ3) is 4.52. The molecule has 0 heterocycles. The summed E-state index contributed by atoms with van der Waals surface area (Å²) in [6.45, 7) is 5.54. The van der Waals surface area contributed by atoms with E-state index in [2.05, 4.69) is 54.0 Å². The van der Waals surface area contributed by atoms with Gasteiger partial charge in [-0.2, -0.15) is 0 Å². The van der Waals surface area contributed by atoms with Crippen molar-refractivity contribution in [1.29, 1.82) is 0 Å². The summed E-state index contributed by atoms with van der Waals surface area (Å²) in [5.74, 6) is -0.0383. The molecule has 0 unspecified atom stereocenters. The minimum atomic E-state index is -0.0383. The molecule has 0 spiro atoms. The highest BCUT2D eigenvalue weighted by molar-refractivity contribution is 5.88. The van der Waals surface area contributed by atoms with Crippen LogP contribution in [-0.2, 0) is 17.9 Å². The summed E-state index contributed by atoms with van der Waals surface area (Å²) in [5, 5.41) is 5.05. The second-order valence-corrected chi connectivity index (χ2v) is 5.06. The third-order valence-corrected chi connectivity index (χ3v) is 3.15. The normalized spacial score (nSPS) is 10.3. The zero-order valence-electron chi connectivity index (χ0n) is 12.0. The van der Waals surface area contributed by atoms with Gasteiger partial charge in [0.05, 0.1) is 0 Å². The van der Waals surface area contributed by atoms with Gasteiger partial charge in [0, 0.05) is 23.7 Å². The molecule has 0 saturated heterocycles. The molecule has 0 aliphatic rings. The Morgan fingerprint density at radius 3 is 1.95 bits per heavy atom. The lowest BCUT2D eigenvalue weighted by Gasteiger charge is -2.05. The Morgan fingerprint density at radius 1 is 0.950 bits per heavy atom. The number of hydrogen-bond acceptors (Lipinski definition) is 1. The second kappa shape index (κ2) is 6.87. The van der Waals surface area contributed by atoms with Gasteiger partial charge in [-0.1, -0.05) is 42.0 Å². The zero-order valence-corrected chi connectivity index (χ0v) is 12.0. The topological polar surface area (TPSA) is 45.7 Å². The van der Waals surface area contributed by atoms with Crippen LogP contribution in [0.3, 0.4) is 0 Å². The van der Waals surface area contributed by atoms with Crippen LogP contribution in [0.5, 0.6) is 0 Å². The lowest BCUT2D eigenvalue weighted by Crippen LogP contribution is -2.80. The Kier molecular flexibility index (Phi) is 4.91. The van der Waals surface area contributed by atoms with Crippen molar-refractivity contribution in [2.45, 2.75) is 26.9 Å². The van der Waals surface area contributed by atoms with E-state index in [1.807, 2.05) is 12.1 Å². The Hall–Kier alpha value is -2.13. The van der Waals surface area contributed by atoms with Crippen LogP contribution >= 0.6 is 0 Å². The van der Waals surface area contributed by atoms with Gasteiger partial charge in [-0.25, -0.2) is 0 Å². The number of carbonyl (C=O) groups is 1. The summed E-state index contributed by atoms with van der Waals surface area (Å²) < 4.78 is 0. The standard InChI is InChI=1S/C17H20N2O/c1-13-3-5-15(6-4-13)11-18-12-16-7-9-17(10-8-16)19-14(2)20/h3-10,18H,11-12H2,1-2H3,(H,19,20)/p+1. The van der Waals surface area contributed by atoms with Crippen LogP contribution in [-0.4, -0.2) is 5.91 Å². The molecule has 2 rings (SSSR count). The number of quaternary nitrogens is 1. The number of aryl methyl sites for hydroxylation is 1. The van der Waals surface area contributed by atoms with E-state index < -0.39 is 0 Å². The van der Waals surface area contributed by atoms with Crippen molar-refractivity contribution in [2.24, 2.45) is 0 Å². The number of nitrogens with two attached hydrogens (primary N) is 1. The van der Waals surface area contributed by atoms with E-state index in [1.54, 1.807) is 0 Å². The van der Waals surface area contributed by atoms with Crippen LogP contribution in [0.1, 0.15) is 23.6 Å². The van der Waals surface area contributed by atoms with Crippen LogP contribution in [0.25, 0.3) is 0 Å². The lowest BCUT2D eigenvalue weighted by molar-refractivity contribution is -0.686. The Balaban J connectivity index is 1.82. The van der Waals surface area contributed by atoms with Gasteiger partial charge < -0.3 is 10.6 Å². The molecule has 2 aromatic carbocycles. The number of rotatable bonds is 5. The molecule has 0 atom stereocenters. The van der Waals surface area contributed by atoms with E-state index in [-0.39, 0.29) is 5.91 Å². The first-order chi connectivity index (χ1) is 9.63. The van der Waals surface area contributed by atoms with E-state index in [1.165, 1.54) is 23.6 Å². The molecule has 0 fully saturated rings. The first-order valence-corrected chi connectivity index (χ1v) is 6.87. The van der Waals surface area contributed by atoms with Gasteiger partial charge >= 0.3 is 0 Å². The van der Waals surface area contributed by atoms with E-state index in [9.17, 15) is 4.79 Å². The SMILES string of the molecule is CC(=O)Nc1ccc(C[NH2+]Cc2ccc(C)cc2)cc1. The van der Waals surface area contributed by atoms with Crippen molar-refractivity contribution in [3.05, 3.63) is 65.2 Å². The molecule has 3 heteroatoms. The summed E-state index contributed by atoms with van der Waals surface area (Å²) in [6, 6.07) is 16.6. The summed E-state index contributed by atoms with van der Waals surface area (Å²) in [7, 11) is 0. The molecule has 104 valence electrons. The maximum Gasteiger partial charge on any atom is 0.221 e. The lowest BCUT2D eigenvalue weighted by atomic mass is 10.1. The van der Waals surface area contributed by atoms with Gasteiger partial charge in [0.2, 0.25) is 5.91 Å². The van der Waals surface area contributed by atoms with Crippen LogP contribution in [0.15, 0.2) is 48.5 Å². The minimum absolute atomic E-state index is 0.0383. The van der Waals surface area contributed by atoms with Crippen LogP contribution in [0.2, 0.25) is 0 Å². The van der Waals surface area contributed by atoms with Crippen molar-refractivity contribution in [2.75, 3.05) is 5.32 Å². The van der Waals surface area contributed by atoms with Crippen molar-refractivity contribution in [3.63, 3.8) is 0 Å². The van der Waals surface area contributed by atoms with E-state index in [0.717, 1.165) is 18.8 Å². The fourth-order valence-electron chi connectivity index (χ4n) is 2.06. The van der Waals surface area contributed by atoms with Gasteiger partial charge in [-0.15, -0.1) is 0 Å². The molecule has 3 N–H and O–H groups in total. The molecule has 0 saturated carbocycles. The fraction of sp³-hybridized carbons (Fsp3) is 0.235. The van der Waals surface area contributed by atoms with E-state index in [0.29, 0.717) is 0 Å². The zero-order chi connectivity index (χ0) is 14.4. The molecule has 0 bridgehead atoms. The highest BCUT2D eigenvalue weighted by atomic mass is 16.1. The molecule has 3 nitrogen and oxygen atoms in total. The quantitative estimate of drug-likeness (QED) is 0.859. The highest BCUT2D eigenvalue weighted by Gasteiger charge is 1.99. The average molecular weight is 269 g/mol. The van der Waals surface area contributed by atoms with Crippen molar-refractivity contribution in [3.8, 4) is 0 Å². The van der Waals surface area contributed by atoms with Crippen molar-refractivity contribution in [1.82, 2.24) is 0 Å². The highest BCUT2D eigenvalue weighted by Crippen LogP contribution is 2.08. The number of amides is 1. The third-order valence-electron chi connectivity index (χ3n) is 3.15. The molecular weight excluding hydrogens is 248 g/mol. The smallest absolute Gasteiger partial charge is 0.221 e. The van der Waals surface area contributed by atoms with Gasteiger partial charge in [0.1, 0.15) is 13.1 Å². The summed E-state index contributed by atoms with van der Waals surface area (Å²) >= 11 is 0. The number of nitrogens with one attached hydrogen (secondary N) is 1. The first-order valence-electron chi connectivity index (χ1n) is 6.87. The molecule has 0 aliphatic heterocycles. The van der Waals surface area contributed by atoms with E-state index >= 15 is 0 Å². The van der Waals surface area contributed by atoms with Gasteiger partial charge in [-0.3, -0.25) is 4.79 Å². The largest absolute Gasteiger partial charge is 0.339 e. The molecule has 2 aromatic rings. The minimum Gasteiger partial charge on any atom is -0.339 e. The monoisotopic (exact) mass is 269 g/mol. The number of carbonyl (C=O) groups excluding carboxylic acids is 1. The molecule has 1 amide bonds. The molecule has 0 aromatic heterocycles. The Morgan fingerprint density at radius 2 is 1.45 bits per heavy atom. The second-order valence-electron chi connectivity index (χ2n) is 5.06. The van der Waals surface area contributed by atoms with Crippen LogP contribution in [0, 0.1) is 6.92 Å². The molecule has 20 heavy (non-hydrogen) atoms. The molecular formula is C17H21N2O+. The number of benzene rings is 2. The van der Waals surface area contributed by atoms with Gasteiger partial charge in [-0.05, 0) is 19.1 Å². The van der Waals surface area contributed by atoms with Crippen LogP contribution < -0.4 is 10.6 Å². The Bertz CT molecular complexity index is 559. The van der Waals surface area contributed by atoms with Crippen molar-refractivity contribution >= 4 is 11.6 Å². The Labute approximate surface area is 120 Å². The maximum absolute atomic E-state index is 10.9.